The zero-order chi connectivity index (χ0) is 11.1. The molecule has 1 aromatic heterocycles. The molecule has 1 rings (SSSR count). The zero-order valence-electron chi connectivity index (χ0n) is 8.98. The molecule has 3 nitrogen and oxygen atoms in total. The Morgan fingerprint density at radius 3 is 2.93 bits per heavy atom. The maximum absolute atomic E-state index is 10.3. The van der Waals surface area contributed by atoms with Crippen LogP contribution in [0.5, 0.6) is 0 Å². The number of nitrogens with zero attached hydrogens (tertiary/aromatic N) is 1. The van der Waals surface area contributed by atoms with E-state index in [0.29, 0.717) is 0 Å². The normalized spacial score (nSPS) is 10.8. The van der Waals surface area contributed by atoms with Gasteiger partial charge in [-0.3, -0.25) is 4.79 Å². The number of carboxylic acid groups (broad SMARTS) is 1. The van der Waals surface area contributed by atoms with Gasteiger partial charge in [0.25, 0.3) is 0 Å². The van der Waals surface area contributed by atoms with Gasteiger partial charge >= 0.3 is 5.97 Å². The lowest BCUT2D eigenvalue weighted by Gasteiger charge is -2.14. The Morgan fingerprint density at radius 1 is 1.53 bits per heavy atom. The average molecular weight is 227 g/mol. The highest BCUT2D eigenvalue weighted by atomic mass is 32.1. The molecule has 0 atom stereocenters. The molecule has 1 N–H and O–H groups in total. The van der Waals surface area contributed by atoms with Crippen LogP contribution in [0.2, 0.25) is 0 Å². The van der Waals surface area contributed by atoms with Gasteiger partial charge in [0.05, 0.1) is 0 Å². The lowest BCUT2D eigenvalue weighted by molar-refractivity contribution is -0.137. The number of carbonyl (C=O) groups is 1. The third kappa shape index (κ3) is 5.54. The van der Waals surface area contributed by atoms with Crippen molar-refractivity contribution in [1.82, 2.24) is 4.90 Å². The van der Waals surface area contributed by atoms with Gasteiger partial charge in [0.1, 0.15) is 0 Å². The van der Waals surface area contributed by atoms with E-state index in [0.717, 1.165) is 25.9 Å². The monoisotopic (exact) mass is 227 g/mol. The molecule has 15 heavy (non-hydrogen) atoms. The van der Waals surface area contributed by atoms with Gasteiger partial charge in [-0.1, -0.05) is 6.07 Å². The number of aliphatic carboxylic acids is 1. The summed E-state index contributed by atoms with van der Waals surface area (Å²) in [7, 11) is 2.04. The molecule has 0 spiro atoms. The predicted molar refractivity (Wildman–Crippen MR) is 62.4 cm³/mol. The van der Waals surface area contributed by atoms with Crippen LogP contribution < -0.4 is 0 Å². The van der Waals surface area contributed by atoms with Gasteiger partial charge in [0.15, 0.2) is 0 Å². The molecule has 0 saturated heterocycles. The van der Waals surface area contributed by atoms with E-state index in [-0.39, 0.29) is 6.42 Å². The Balaban J connectivity index is 2.08. The molecule has 0 unspecified atom stereocenters. The van der Waals surface area contributed by atoms with Gasteiger partial charge in [-0.05, 0) is 37.9 Å². The van der Waals surface area contributed by atoms with Crippen LogP contribution in [-0.4, -0.2) is 36.1 Å². The van der Waals surface area contributed by atoms with Gasteiger partial charge in [-0.15, -0.1) is 11.3 Å². The molecule has 0 saturated carbocycles. The second-order valence-corrected chi connectivity index (χ2v) is 4.66. The molecule has 0 aromatic carbocycles. The Hall–Kier alpha value is -0.870. The second-order valence-electron chi connectivity index (χ2n) is 3.63. The van der Waals surface area contributed by atoms with Gasteiger partial charge < -0.3 is 10.0 Å². The molecule has 0 bridgehead atoms. The van der Waals surface area contributed by atoms with Crippen LogP contribution >= 0.6 is 11.3 Å². The van der Waals surface area contributed by atoms with Gasteiger partial charge in [0, 0.05) is 17.8 Å². The lowest BCUT2D eigenvalue weighted by Crippen LogP contribution is -2.22. The molecule has 1 heterocycles. The van der Waals surface area contributed by atoms with Crippen LogP contribution in [0, 0.1) is 0 Å². The van der Waals surface area contributed by atoms with E-state index in [1.54, 1.807) is 11.3 Å². The maximum Gasteiger partial charge on any atom is 0.303 e. The smallest absolute Gasteiger partial charge is 0.303 e. The Morgan fingerprint density at radius 2 is 2.33 bits per heavy atom. The standard InChI is InChI=1S/C11H17NO2S/c1-12(7-2-5-11(13)14)8-6-10-4-3-9-15-10/h3-4,9H,2,5-8H2,1H3,(H,13,14). The molecule has 0 amide bonds. The minimum atomic E-state index is -0.707. The molecule has 1 aromatic rings. The van der Waals surface area contributed by atoms with Crippen molar-refractivity contribution in [2.75, 3.05) is 20.1 Å². The van der Waals surface area contributed by atoms with Crippen LogP contribution in [0.25, 0.3) is 0 Å². The SMILES string of the molecule is CN(CCCC(=O)O)CCc1cccs1. The van der Waals surface area contributed by atoms with Crippen molar-refractivity contribution in [3.8, 4) is 0 Å². The van der Waals surface area contributed by atoms with E-state index >= 15 is 0 Å². The van der Waals surface area contributed by atoms with Crippen LogP contribution in [-0.2, 0) is 11.2 Å². The number of carboxylic acids is 1. The van der Waals surface area contributed by atoms with Crippen molar-refractivity contribution < 1.29 is 9.90 Å². The van der Waals surface area contributed by atoms with Gasteiger partial charge in [-0.2, -0.15) is 0 Å². The fraction of sp³-hybridized carbons (Fsp3) is 0.545. The second kappa shape index (κ2) is 6.58. The zero-order valence-corrected chi connectivity index (χ0v) is 9.80. The molecule has 0 radical (unpaired) electrons. The lowest BCUT2D eigenvalue weighted by atomic mass is 10.3. The van der Waals surface area contributed by atoms with Crippen molar-refractivity contribution in [1.29, 1.82) is 0 Å². The van der Waals surface area contributed by atoms with Crippen molar-refractivity contribution >= 4 is 17.3 Å². The Labute approximate surface area is 94.3 Å². The van der Waals surface area contributed by atoms with E-state index in [4.69, 9.17) is 5.11 Å². The first-order valence-electron chi connectivity index (χ1n) is 5.11. The summed E-state index contributed by atoms with van der Waals surface area (Å²) < 4.78 is 0. The summed E-state index contributed by atoms with van der Waals surface area (Å²) in [5, 5.41) is 10.6. The van der Waals surface area contributed by atoms with E-state index in [2.05, 4.69) is 22.4 Å². The van der Waals surface area contributed by atoms with Crippen LogP contribution in [0.1, 0.15) is 17.7 Å². The molecule has 4 heteroatoms. The van der Waals surface area contributed by atoms with Crippen LogP contribution in [0.15, 0.2) is 17.5 Å². The summed E-state index contributed by atoms with van der Waals surface area (Å²) in [6.45, 7) is 1.86. The third-order valence-corrected chi connectivity index (χ3v) is 3.19. The first-order valence-corrected chi connectivity index (χ1v) is 5.99. The number of thiophene rings is 1. The maximum atomic E-state index is 10.3. The Kier molecular flexibility index (Phi) is 5.36. The highest BCUT2D eigenvalue weighted by molar-refractivity contribution is 7.09. The third-order valence-electron chi connectivity index (χ3n) is 2.25. The van der Waals surface area contributed by atoms with Crippen molar-refractivity contribution in [3.05, 3.63) is 22.4 Å². The number of hydrogen-bond acceptors (Lipinski definition) is 3. The molecular weight excluding hydrogens is 210 g/mol. The van der Waals surface area contributed by atoms with E-state index in [1.807, 2.05) is 7.05 Å². The van der Waals surface area contributed by atoms with Gasteiger partial charge in [0.2, 0.25) is 0 Å². The molecular formula is C11H17NO2S. The van der Waals surface area contributed by atoms with E-state index < -0.39 is 5.97 Å². The van der Waals surface area contributed by atoms with Crippen molar-refractivity contribution in [3.63, 3.8) is 0 Å². The molecule has 0 aliphatic heterocycles. The predicted octanol–water partition coefficient (Wildman–Crippen LogP) is 2.09. The van der Waals surface area contributed by atoms with Crippen LogP contribution in [0.3, 0.4) is 0 Å². The quantitative estimate of drug-likeness (QED) is 0.775. The van der Waals surface area contributed by atoms with Crippen molar-refractivity contribution in [2.45, 2.75) is 19.3 Å². The van der Waals surface area contributed by atoms with Crippen molar-refractivity contribution in [2.24, 2.45) is 0 Å². The minimum absolute atomic E-state index is 0.267. The van der Waals surface area contributed by atoms with Crippen LogP contribution in [0.4, 0.5) is 0 Å². The summed E-state index contributed by atoms with van der Waals surface area (Å²) in [6, 6.07) is 4.19. The summed E-state index contributed by atoms with van der Waals surface area (Å²) in [5.74, 6) is -0.707. The molecule has 0 fully saturated rings. The number of hydrogen-bond donors (Lipinski definition) is 1. The topological polar surface area (TPSA) is 40.5 Å². The summed E-state index contributed by atoms with van der Waals surface area (Å²) in [5.41, 5.74) is 0. The summed E-state index contributed by atoms with van der Waals surface area (Å²) in [6.07, 6.45) is 2.06. The molecule has 0 aliphatic carbocycles. The highest BCUT2D eigenvalue weighted by Crippen LogP contribution is 2.09. The number of likely N-dealkylation sites (N-methyl/N-ethyl adjacent to an activating group) is 1. The fourth-order valence-corrected chi connectivity index (χ4v) is 2.07. The first-order chi connectivity index (χ1) is 7.18. The largest absolute Gasteiger partial charge is 0.481 e. The minimum Gasteiger partial charge on any atom is -0.481 e. The fourth-order valence-electron chi connectivity index (χ4n) is 1.37. The highest BCUT2D eigenvalue weighted by Gasteiger charge is 2.02. The summed E-state index contributed by atoms with van der Waals surface area (Å²) >= 11 is 1.77. The Bertz CT molecular complexity index is 285. The average Bonchev–Trinajstić information content (AvgIpc) is 2.66. The molecule has 84 valence electrons. The van der Waals surface area contributed by atoms with Gasteiger partial charge in [-0.25, -0.2) is 0 Å². The van der Waals surface area contributed by atoms with E-state index in [1.165, 1.54) is 4.88 Å². The van der Waals surface area contributed by atoms with E-state index in [9.17, 15) is 4.79 Å². The number of rotatable bonds is 7. The summed E-state index contributed by atoms with van der Waals surface area (Å²) in [4.78, 5) is 13.9. The first kappa shape index (κ1) is 12.2. The molecule has 0 aliphatic rings.